The zero-order valence-corrected chi connectivity index (χ0v) is 22.0. The van der Waals surface area contributed by atoms with Crippen molar-refractivity contribution in [2.24, 2.45) is 11.1 Å². The Hall–Kier alpha value is -1.48. The van der Waals surface area contributed by atoms with E-state index < -0.39 is 31.4 Å². The largest absolute Gasteiger partial charge is 0.480 e. The molecule has 0 aromatic rings. The number of amides is 1. The zero-order valence-electron chi connectivity index (χ0n) is 21.0. The van der Waals surface area contributed by atoms with Crippen molar-refractivity contribution in [3.05, 3.63) is 0 Å². The maximum Gasteiger partial charge on any atom is 0.326 e. The molecule has 1 amide bonds. The summed E-state index contributed by atoms with van der Waals surface area (Å²) in [7, 11) is -2.17. The number of unbranched alkanes of at least 4 members (excludes halogenated alkanes) is 4. The lowest BCUT2D eigenvalue weighted by Crippen LogP contribution is -2.49. The summed E-state index contributed by atoms with van der Waals surface area (Å²) in [6.07, 6.45) is 6.91. The number of hydrogen-bond donors (Lipinski definition) is 3. The lowest BCUT2D eigenvalue weighted by atomic mass is 9.98. The number of nitrogens with one attached hydrogen (secondary N) is 1. The highest BCUT2D eigenvalue weighted by Gasteiger charge is 2.37. The molecule has 1 unspecified atom stereocenters. The molecule has 10 nitrogen and oxygen atoms in total. The molecule has 198 valence electrons. The number of aliphatic carboxylic acids is 1. The number of rotatable bonds is 17. The lowest BCUT2D eigenvalue weighted by Gasteiger charge is -2.27. The zero-order chi connectivity index (χ0) is 25.6. The van der Waals surface area contributed by atoms with Gasteiger partial charge in [-0.1, -0.05) is 19.3 Å². The Balaban J connectivity index is 2.31. The minimum atomic E-state index is -2.17. The number of hydrogen-bond acceptors (Lipinski definition) is 7. The van der Waals surface area contributed by atoms with Gasteiger partial charge in [0.15, 0.2) is 6.79 Å². The molecule has 0 saturated carbocycles. The molecule has 1 heterocycles. The van der Waals surface area contributed by atoms with E-state index in [4.69, 9.17) is 15.2 Å². The van der Waals surface area contributed by atoms with Gasteiger partial charge in [0, 0.05) is 12.7 Å². The predicted octanol–water partition coefficient (Wildman–Crippen LogP) is 2.75. The minimum absolute atomic E-state index is 0.0486. The summed E-state index contributed by atoms with van der Waals surface area (Å²) in [5, 5.41) is 12.4. The first kappa shape index (κ1) is 30.6. The summed E-state index contributed by atoms with van der Waals surface area (Å²) in [5.41, 5.74) is 5.01. The van der Waals surface area contributed by atoms with Crippen molar-refractivity contribution in [1.29, 1.82) is 0 Å². The van der Waals surface area contributed by atoms with Gasteiger partial charge in [-0.05, 0) is 65.8 Å². The Labute approximate surface area is 204 Å². The van der Waals surface area contributed by atoms with Crippen LogP contribution in [0.15, 0.2) is 0 Å². The van der Waals surface area contributed by atoms with Crippen LogP contribution in [0.4, 0.5) is 0 Å². The molecule has 0 radical (unpaired) electrons. The molecule has 0 bridgehead atoms. The average Bonchev–Trinajstić information content (AvgIpc) is 3.26. The van der Waals surface area contributed by atoms with Gasteiger partial charge in [0.25, 0.3) is 0 Å². The van der Waals surface area contributed by atoms with Crippen LogP contribution in [0.2, 0.25) is 0 Å². The van der Waals surface area contributed by atoms with E-state index in [1.165, 1.54) is 4.90 Å². The number of carboxylic acid groups (broad SMARTS) is 1. The smallest absolute Gasteiger partial charge is 0.326 e. The average molecular weight is 506 g/mol. The van der Waals surface area contributed by atoms with Crippen molar-refractivity contribution in [2.75, 3.05) is 32.7 Å². The van der Waals surface area contributed by atoms with E-state index in [2.05, 4.69) is 5.09 Å². The molecule has 11 heteroatoms. The van der Waals surface area contributed by atoms with Crippen LogP contribution in [0, 0.1) is 5.41 Å². The summed E-state index contributed by atoms with van der Waals surface area (Å²) >= 11 is 0. The highest BCUT2D eigenvalue weighted by Crippen LogP contribution is 2.24. The first-order valence-electron chi connectivity index (χ1n) is 12.4. The second-order valence-corrected chi connectivity index (χ2v) is 11.4. The fourth-order valence-corrected chi connectivity index (χ4v) is 5.09. The summed E-state index contributed by atoms with van der Waals surface area (Å²) in [5.74, 6) is -1.56. The van der Waals surface area contributed by atoms with E-state index >= 15 is 0 Å². The van der Waals surface area contributed by atoms with E-state index in [0.29, 0.717) is 51.5 Å². The molecular weight excluding hydrogens is 461 g/mol. The molecule has 1 fully saturated rings. The highest BCUT2D eigenvalue weighted by atomic mass is 31.1. The monoisotopic (exact) mass is 505 g/mol. The maximum atomic E-state index is 13.0. The molecule has 1 rings (SSSR count). The Bertz CT molecular complexity index is 669. The molecule has 1 aliphatic rings. The highest BCUT2D eigenvalue weighted by molar-refractivity contribution is 7.42. The SMILES string of the molecule is CC(C)(C)C(=O)OCOCCCCCC[PH](=O)N[C@@H](CCCCN)C(=O)N1CCC[C@H]1C(=O)O. The molecule has 1 aliphatic heterocycles. The molecule has 34 heavy (non-hydrogen) atoms. The van der Waals surface area contributed by atoms with Gasteiger partial charge in [0.2, 0.25) is 5.91 Å². The second kappa shape index (κ2) is 16.2. The van der Waals surface area contributed by atoms with Gasteiger partial charge >= 0.3 is 11.9 Å². The normalized spacial score (nSPS) is 18.0. The molecule has 4 N–H and O–H groups in total. The summed E-state index contributed by atoms with van der Waals surface area (Å²) in [4.78, 5) is 37.5. The van der Waals surface area contributed by atoms with E-state index in [1.807, 2.05) is 0 Å². The Morgan fingerprint density at radius 3 is 2.50 bits per heavy atom. The van der Waals surface area contributed by atoms with E-state index in [0.717, 1.165) is 32.1 Å². The van der Waals surface area contributed by atoms with Crippen molar-refractivity contribution in [1.82, 2.24) is 9.99 Å². The third-order valence-corrected chi connectivity index (χ3v) is 7.21. The van der Waals surface area contributed by atoms with Crippen LogP contribution in [0.5, 0.6) is 0 Å². The predicted molar refractivity (Wildman–Crippen MR) is 131 cm³/mol. The number of esters is 1. The van der Waals surface area contributed by atoms with E-state index in [1.54, 1.807) is 20.8 Å². The van der Waals surface area contributed by atoms with Crippen molar-refractivity contribution in [3.63, 3.8) is 0 Å². The van der Waals surface area contributed by atoms with Crippen LogP contribution in [-0.2, 0) is 28.4 Å². The third kappa shape index (κ3) is 11.8. The summed E-state index contributed by atoms with van der Waals surface area (Å²) in [6, 6.07) is -1.44. The van der Waals surface area contributed by atoms with Gasteiger partial charge < -0.3 is 29.8 Å². The Morgan fingerprint density at radius 2 is 1.85 bits per heavy atom. The molecule has 1 saturated heterocycles. The lowest BCUT2D eigenvalue weighted by molar-refractivity contribution is -0.165. The van der Waals surface area contributed by atoms with Crippen LogP contribution in [0.1, 0.15) is 78.6 Å². The first-order chi connectivity index (χ1) is 16.1. The molecule has 0 aliphatic carbocycles. The van der Waals surface area contributed by atoms with Gasteiger partial charge in [-0.25, -0.2) is 4.79 Å². The topological polar surface area (TPSA) is 148 Å². The van der Waals surface area contributed by atoms with Crippen LogP contribution in [-0.4, -0.2) is 72.6 Å². The number of nitrogens with zero attached hydrogens (tertiary/aromatic N) is 1. The third-order valence-electron chi connectivity index (χ3n) is 5.73. The summed E-state index contributed by atoms with van der Waals surface area (Å²) < 4.78 is 23.0. The van der Waals surface area contributed by atoms with Crippen molar-refractivity contribution < 1.29 is 33.5 Å². The number of nitrogens with two attached hydrogens (primary N) is 1. The van der Waals surface area contributed by atoms with Gasteiger partial charge in [0.05, 0.1) is 18.1 Å². The number of likely N-dealkylation sites (tertiary alicyclic amines) is 1. The van der Waals surface area contributed by atoms with Gasteiger partial charge in [-0.2, -0.15) is 0 Å². The Morgan fingerprint density at radius 1 is 1.15 bits per heavy atom. The number of carbonyl (C=O) groups excluding carboxylic acids is 2. The van der Waals surface area contributed by atoms with Gasteiger partial charge in [0.1, 0.15) is 14.0 Å². The molecular formula is C23H44N3O7P. The van der Waals surface area contributed by atoms with Gasteiger partial charge in [-0.15, -0.1) is 0 Å². The fraction of sp³-hybridized carbons (Fsp3) is 0.870. The van der Waals surface area contributed by atoms with Crippen molar-refractivity contribution in [2.45, 2.75) is 90.6 Å². The molecule has 0 spiro atoms. The van der Waals surface area contributed by atoms with Crippen molar-refractivity contribution in [3.8, 4) is 0 Å². The molecule has 0 aromatic heterocycles. The number of ether oxygens (including phenoxy) is 2. The standard InChI is InChI=1S/C23H44N3O7P/c1-23(2,3)22(30)33-17-32-15-8-4-5-9-16-34(31)25-18(11-6-7-13-24)20(27)26-14-10-12-19(26)21(28)29/h18-19,34H,4-17,24H2,1-3H3,(H,25,31)(H,28,29)/t18-,19-/m0/s1. The van der Waals surface area contributed by atoms with Crippen LogP contribution in [0.25, 0.3) is 0 Å². The van der Waals surface area contributed by atoms with Crippen molar-refractivity contribution >= 4 is 25.8 Å². The van der Waals surface area contributed by atoms with Crippen LogP contribution >= 0.6 is 7.95 Å². The first-order valence-corrected chi connectivity index (χ1v) is 14.0. The number of carboxylic acids is 1. The van der Waals surface area contributed by atoms with E-state index in [9.17, 15) is 24.1 Å². The maximum absolute atomic E-state index is 13.0. The van der Waals surface area contributed by atoms with E-state index in [-0.39, 0.29) is 18.7 Å². The number of carbonyl (C=O) groups is 3. The molecule has 0 aromatic carbocycles. The summed E-state index contributed by atoms with van der Waals surface area (Å²) in [6.45, 7) is 6.73. The van der Waals surface area contributed by atoms with Gasteiger partial charge in [-0.3, -0.25) is 14.7 Å². The van der Waals surface area contributed by atoms with Crippen LogP contribution < -0.4 is 10.8 Å². The minimum Gasteiger partial charge on any atom is -0.480 e. The quantitative estimate of drug-likeness (QED) is 0.117. The second-order valence-electron chi connectivity index (χ2n) is 9.80. The fourth-order valence-electron chi connectivity index (χ4n) is 3.72. The Kier molecular flexibility index (Phi) is 14.6. The van der Waals surface area contributed by atoms with Crippen LogP contribution in [0.3, 0.4) is 0 Å². The molecule has 3 atom stereocenters.